The number of amides is 1. The summed E-state index contributed by atoms with van der Waals surface area (Å²) in [6.45, 7) is 1.52. The van der Waals surface area contributed by atoms with Crippen LogP contribution in [-0.4, -0.2) is 41.6 Å². The van der Waals surface area contributed by atoms with Crippen LogP contribution in [0.1, 0.15) is 17.3 Å². The van der Waals surface area contributed by atoms with E-state index in [9.17, 15) is 23.7 Å². The van der Waals surface area contributed by atoms with Gasteiger partial charge in [0.15, 0.2) is 0 Å². The molecular weight excluding hydrogens is 288 g/mol. The number of hydrogen-bond donors (Lipinski definition) is 3. The summed E-state index contributed by atoms with van der Waals surface area (Å²) in [5, 5.41) is 24.8. The number of hydrogen-bond acceptors (Lipinski definition) is 5. The number of rotatable bonds is 7. The number of benzene rings is 1. The Morgan fingerprint density at radius 2 is 2.14 bits per heavy atom. The number of carbonyl (C=O) groups is 1. The Kier molecular flexibility index (Phi) is 5.97. The van der Waals surface area contributed by atoms with E-state index in [0.717, 1.165) is 6.07 Å². The van der Waals surface area contributed by atoms with Crippen molar-refractivity contribution >= 4 is 17.3 Å². The van der Waals surface area contributed by atoms with Gasteiger partial charge >= 0.3 is 0 Å². The van der Waals surface area contributed by atoms with Crippen molar-refractivity contribution in [3.8, 4) is 0 Å². The van der Waals surface area contributed by atoms with Gasteiger partial charge in [-0.15, -0.1) is 0 Å². The Morgan fingerprint density at radius 3 is 2.67 bits per heavy atom. The molecule has 0 heterocycles. The molecule has 0 aliphatic rings. The van der Waals surface area contributed by atoms with Crippen LogP contribution < -0.4 is 10.6 Å². The summed E-state index contributed by atoms with van der Waals surface area (Å²) in [5.41, 5.74) is -0.329. The van der Waals surface area contributed by atoms with Crippen molar-refractivity contribution in [1.82, 2.24) is 5.32 Å². The molecular formula is C12H15F2N3O4. The summed E-state index contributed by atoms with van der Waals surface area (Å²) in [6, 6.07) is 3.54. The second-order valence-corrected chi connectivity index (χ2v) is 4.13. The fourth-order valence-electron chi connectivity index (χ4n) is 1.54. The molecule has 0 fully saturated rings. The number of nitro groups is 1. The molecule has 21 heavy (non-hydrogen) atoms. The predicted molar refractivity (Wildman–Crippen MR) is 71.6 cm³/mol. The summed E-state index contributed by atoms with van der Waals surface area (Å²) in [7, 11) is 0. The van der Waals surface area contributed by atoms with Crippen LogP contribution in [0.3, 0.4) is 0 Å². The van der Waals surface area contributed by atoms with Gasteiger partial charge in [-0.2, -0.15) is 0 Å². The zero-order valence-corrected chi connectivity index (χ0v) is 11.2. The molecule has 1 unspecified atom stereocenters. The van der Waals surface area contributed by atoms with Crippen molar-refractivity contribution in [3.05, 3.63) is 33.9 Å². The molecule has 9 heteroatoms. The number of nitro benzene ring substituents is 1. The molecule has 1 aromatic rings. The maximum Gasteiger partial charge on any atom is 0.292 e. The lowest BCUT2D eigenvalue weighted by atomic mass is 10.1. The van der Waals surface area contributed by atoms with Gasteiger partial charge < -0.3 is 15.7 Å². The van der Waals surface area contributed by atoms with Crippen LogP contribution in [0.5, 0.6) is 0 Å². The average Bonchev–Trinajstić information content (AvgIpc) is 2.44. The highest BCUT2D eigenvalue weighted by Gasteiger charge is 2.20. The maximum absolute atomic E-state index is 12.2. The molecule has 7 nitrogen and oxygen atoms in total. The van der Waals surface area contributed by atoms with E-state index in [0.29, 0.717) is 6.54 Å². The number of nitrogens with zero attached hydrogens (tertiary/aromatic N) is 1. The first-order valence-electron chi connectivity index (χ1n) is 6.13. The molecule has 0 aliphatic heterocycles. The van der Waals surface area contributed by atoms with E-state index < -0.39 is 29.9 Å². The zero-order chi connectivity index (χ0) is 16.0. The molecule has 3 N–H and O–H groups in total. The summed E-state index contributed by atoms with van der Waals surface area (Å²) < 4.78 is 24.4. The van der Waals surface area contributed by atoms with Gasteiger partial charge in [0, 0.05) is 24.7 Å². The monoisotopic (exact) mass is 303 g/mol. The summed E-state index contributed by atoms with van der Waals surface area (Å²) >= 11 is 0. The number of alkyl halides is 2. The number of halogens is 2. The minimum absolute atomic E-state index is 0.108. The topological polar surface area (TPSA) is 104 Å². The van der Waals surface area contributed by atoms with E-state index >= 15 is 0 Å². The Balaban J connectivity index is 2.99. The third kappa shape index (κ3) is 4.63. The SMILES string of the molecule is CCNC(=O)c1ccc([N+](=O)[O-])c(NCC(O)C(F)F)c1. The Bertz CT molecular complexity index is 525. The highest BCUT2D eigenvalue weighted by molar-refractivity contribution is 5.95. The van der Waals surface area contributed by atoms with Gasteiger partial charge in [-0.1, -0.05) is 0 Å². The third-order valence-electron chi connectivity index (χ3n) is 2.59. The Hall–Kier alpha value is -2.29. The molecule has 0 saturated heterocycles. The molecule has 0 radical (unpaired) electrons. The highest BCUT2D eigenvalue weighted by atomic mass is 19.3. The normalized spacial score (nSPS) is 12.0. The lowest BCUT2D eigenvalue weighted by Gasteiger charge is -2.12. The summed E-state index contributed by atoms with van der Waals surface area (Å²) in [6.07, 6.45) is -4.93. The fourth-order valence-corrected chi connectivity index (χ4v) is 1.54. The van der Waals surface area contributed by atoms with Crippen molar-refractivity contribution in [2.75, 3.05) is 18.4 Å². The van der Waals surface area contributed by atoms with Gasteiger partial charge in [-0.25, -0.2) is 8.78 Å². The second-order valence-electron chi connectivity index (χ2n) is 4.13. The van der Waals surface area contributed by atoms with Gasteiger partial charge in [-0.3, -0.25) is 14.9 Å². The van der Waals surface area contributed by atoms with Crippen molar-refractivity contribution < 1.29 is 23.6 Å². The molecule has 0 spiro atoms. The van der Waals surface area contributed by atoms with Gasteiger partial charge in [0.1, 0.15) is 11.8 Å². The fraction of sp³-hybridized carbons (Fsp3) is 0.417. The molecule has 0 aliphatic carbocycles. The van der Waals surface area contributed by atoms with Crippen LogP contribution in [0, 0.1) is 10.1 Å². The van der Waals surface area contributed by atoms with Gasteiger partial charge in [0.05, 0.1) is 4.92 Å². The quantitative estimate of drug-likeness (QED) is 0.521. The molecule has 1 rings (SSSR count). The maximum atomic E-state index is 12.2. The minimum Gasteiger partial charge on any atom is -0.385 e. The van der Waals surface area contributed by atoms with Crippen molar-refractivity contribution in [3.63, 3.8) is 0 Å². The largest absolute Gasteiger partial charge is 0.385 e. The van der Waals surface area contributed by atoms with E-state index in [1.807, 2.05) is 0 Å². The number of carbonyl (C=O) groups excluding carboxylic acids is 1. The lowest BCUT2D eigenvalue weighted by molar-refractivity contribution is -0.384. The molecule has 116 valence electrons. The molecule has 1 aromatic carbocycles. The molecule has 0 aromatic heterocycles. The van der Waals surface area contributed by atoms with Gasteiger partial charge in [-0.05, 0) is 19.1 Å². The van der Waals surface area contributed by atoms with Crippen LogP contribution >= 0.6 is 0 Å². The van der Waals surface area contributed by atoms with E-state index in [2.05, 4.69) is 10.6 Å². The lowest BCUT2D eigenvalue weighted by Crippen LogP contribution is -2.27. The molecule has 1 atom stereocenters. The van der Waals surface area contributed by atoms with Crippen LogP contribution in [0.2, 0.25) is 0 Å². The molecule has 0 saturated carbocycles. The second kappa shape index (κ2) is 7.48. The smallest absolute Gasteiger partial charge is 0.292 e. The molecule has 0 bridgehead atoms. The van der Waals surface area contributed by atoms with Crippen LogP contribution in [0.15, 0.2) is 18.2 Å². The standard InChI is InChI=1S/C12H15F2N3O4/c1-2-15-12(19)7-3-4-9(17(20)21)8(5-7)16-6-10(18)11(13)14/h3-5,10-11,16,18H,2,6H2,1H3,(H,15,19). The predicted octanol–water partition coefficient (Wildman–Crippen LogP) is 1.38. The Labute approximate surface area is 119 Å². The van der Waals surface area contributed by atoms with Gasteiger partial charge in [0.25, 0.3) is 18.0 Å². The molecule has 1 amide bonds. The highest BCUT2D eigenvalue weighted by Crippen LogP contribution is 2.25. The van der Waals surface area contributed by atoms with E-state index in [1.165, 1.54) is 12.1 Å². The van der Waals surface area contributed by atoms with Crippen molar-refractivity contribution in [2.24, 2.45) is 0 Å². The number of aliphatic hydroxyl groups excluding tert-OH is 1. The summed E-state index contributed by atoms with van der Waals surface area (Å²) in [5.74, 6) is -0.440. The van der Waals surface area contributed by atoms with Crippen molar-refractivity contribution in [1.29, 1.82) is 0 Å². The van der Waals surface area contributed by atoms with Crippen molar-refractivity contribution in [2.45, 2.75) is 19.5 Å². The first-order valence-corrected chi connectivity index (χ1v) is 6.13. The van der Waals surface area contributed by atoms with E-state index in [1.54, 1.807) is 6.92 Å². The first kappa shape index (κ1) is 16.8. The summed E-state index contributed by atoms with van der Waals surface area (Å²) in [4.78, 5) is 21.8. The van der Waals surface area contributed by atoms with Crippen LogP contribution in [0.4, 0.5) is 20.2 Å². The van der Waals surface area contributed by atoms with Crippen LogP contribution in [-0.2, 0) is 0 Å². The Morgan fingerprint density at radius 1 is 1.48 bits per heavy atom. The van der Waals surface area contributed by atoms with Gasteiger partial charge in [0.2, 0.25) is 0 Å². The van der Waals surface area contributed by atoms with E-state index in [-0.39, 0.29) is 16.9 Å². The number of nitrogens with one attached hydrogen (secondary N) is 2. The third-order valence-corrected chi connectivity index (χ3v) is 2.59. The zero-order valence-electron chi connectivity index (χ0n) is 11.2. The number of anilines is 1. The minimum atomic E-state index is -2.97. The number of aliphatic hydroxyl groups is 1. The average molecular weight is 303 g/mol. The van der Waals surface area contributed by atoms with Crippen LogP contribution in [0.25, 0.3) is 0 Å². The van der Waals surface area contributed by atoms with E-state index in [4.69, 9.17) is 5.11 Å². The first-order chi connectivity index (χ1) is 9.86.